The molecule has 0 saturated heterocycles. The molecule has 3 aromatic carbocycles. The molecular formula is C85H79F6N17O5S3. The summed E-state index contributed by atoms with van der Waals surface area (Å²) in [4.78, 5) is 37.3. The van der Waals surface area contributed by atoms with Crippen LogP contribution in [-0.2, 0) is 57.1 Å². The molecule has 12 aromatic rings. The smallest absolute Gasteiger partial charge is 0.159 e. The Morgan fingerprint density at radius 1 is 0.414 bits per heavy atom. The normalized spacial score (nSPS) is 21.7. The molecular weight excluding hydrogens is 1550 g/mol. The number of nitrogens with one attached hydrogen (secondary N) is 1. The van der Waals surface area contributed by atoms with Crippen LogP contribution in [0.2, 0.25) is 0 Å². The number of halogens is 6. The molecule has 0 aliphatic heterocycles. The number of hydrogen-bond donors (Lipinski definition) is 1. The van der Waals surface area contributed by atoms with Crippen molar-refractivity contribution in [2.45, 2.75) is 139 Å². The number of nitrogens with zero attached hydrogens (tertiary/aromatic N) is 16. The summed E-state index contributed by atoms with van der Waals surface area (Å²) >= 11 is 0. The van der Waals surface area contributed by atoms with Gasteiger partial charge in [0, 0.05) is 69.6 Å². The van der Waals surface area contributed by atoms with Crippen LogP contribution in [0.1, 0.15) is 171 Å². The number of sulfone groups is 2. The average molecular weight is 1630 g/mol. The van der Waals surface area contributed by atoms with Gasteiger partial charge in [0.05, 0.1) is 125 Å². The van der Waals surface area contributed by atoms with Crippen molar-refractivity contribution in [3.8, 4) is 67.8 Å². The van der Waals surface area contributed by atoms with Crippen molar-refractivity contribution in [2.24, 2.45) is 16.2 Å². The van der Waals surface area contributed by atoms with Gasteiger partial charge in [0.15, 0.2) is 31.3 Å². The lowest BCUT2D eigenvalue weighted by atomic mass is 9.66. The second-order valence-corrected chi connectivity index (χ2v) is 39.4. The number of pyridine rings is 2. The maximum absolute atomic E-state index is 14.6. The van der Waals surface area contributed by atoms with Gasteiger partial charge in [-0.2, -0.15) is 15.3 Å². The number of fused-ring (bicyclic) bond motifs is 15. The molecule has 9 heterocycles. The van der Waals surface area contributed by atoms with Gasteiger partial charge in [-0.05, 0) is 206 Å². The maximum Gasteiger partial charge on any atom is 0.159 e. The summed E-state index contributed by atoms with van der Waals surface area (Å²) in [5.74, 6) is 0.315. The molecule has 9 aromatic heterocycles. The monoisotopic (exact) mass is 1630 g/mol. The number of aryl methyl sites for hydroxylation is 2. The Kier molecular flexibility index (Phi) is 19.2. The van der Waals surface area contributed by atoms with Crippen LogP contribution < -0.4 is 4.72 Å². The minimum atomic E-state index is -3.27. The van der Waals surface area contributed by atoms with Crippen LogP contribution in [0.25, 0.3) is 67.8 Å². The Morgan fingerprint density at radius 3 is 1.19 bits per heavy atom. The fraction of sp³-hybridized carbons (Fsp3) is 0.329. The van der Waals surface area contributed by atoms with Crippen LogP contribution in [0, 0.1) is 65.0 Å². The van der Waals surface area contributed by atoms with Crippen molar-refractivity contribution in [3.05, 3.63) is 255 Å². The molecule has 0 radical (unpaired) electrons. The molecule has 0 amide bonds. The summed E-state index contributed by atoms with van der Waals surface area (Å²) in [6.45, 7) is 16.7. The first-order valence-electron chi connectivity index (χ1n) is 37.5. The Bertz CT molecular complexity index is 6110. The lowest BCUT2D eigenvalue weighted by Gasteiger charge is -2.37. The molecule has 116 heavy (non-hydrogen) atoms. The summed E-state index contributed by atoms with van der Waals surface area (Å²) in [5.41, 5.74) is 10.1. The van der Waals surface area contributed by atoms with Gasteiger partial charge >= 0.3 is 0 Å². The molecule has 1 unspecified atom stereocenters. The zero-order valence-corrected chi connectivity index (χ0v) is 67.6. The lowest BCUT2D eigenvalue weighted by molar-refractivity contribution is 0.242. The predicted octanol–water partition coefficient (Wildman–Crippen LogP) is 15.2. The Hall–Kier alpha value is -11.2. The SMILES string of the molecule is C=S(C)(=O)Nc1ccc(-c2cncc([C@@]34CC[C@@H](c5cc(-c6c(F)cccc6F)nnc53)C4(C)C)n2)nn1.Cc1cc(-c2cncc([C@@]34CC[C@@H](c5cc(-c6c(F)cccc6F)nnc53)C4(C)C)n2)cc(CS(C)(=O)=O)n1.Cc1cc(-c2nccc([C@@]34CC[C@@H](c5cc(-c6c(F)cccc6F)nnc53)C4(C)C)n2)cc(CS(C)(=O)=O)n1. The van der Waals surface area contributed by atoms with Crippen molar-refractivity contribution < 1.29 is 47.4 Å². The quantitative estimate of drug-likeness (QED) is 0.0736. The number of anilines is 1. The van der Waals surface area contributed by atoms with Gasteiger partial charge in [-0.1, -0.05) is 59.7 Å². The number of benzene rings is 3. The highest BCUT2D eigenvalue weighted by molar-refractivity contribution is 8.00. The maximum atomic E-state index is 14.6. The summed E-state index contributed by atoms with van der Waals surface area (Å²) < 4.78 is 149. The van der Waals surface area contributed by atoms with Crippen LogP contribution in [0.5, 0.6) is 0 Å². The van der Waals surface area contributed by atoms with E-state index in [1.807, 2.05) is 25.1 Å². The van der Waals surface area contributed by atoms with E-state index in [2.05, 4.69) is 118 Å². The lowest BCUT2D eigenvalue weighted by Crippen LogP contribution is -2.38. The van der Waals surface area contributed by atoms with Gasteiger partial charge < -0.3 is 0 Å². The fourth-order valence-corrected chi connectivity index (χ4v) is 21.5. The van der Waals surface area contributed by atoms with E-state index in [0.29, 0.717) is 57.1 Å². The van der Waals surface area contributed by atoms with E-state index in [9.17, 15) is 47.4 Å². The Balaban J connectivity index is 0.000000131. The topological polar surface area (TPSA) is 304 Å². The highest BCUT2D eigenvalue weighted by atomic mass is 32.2. The minimum absolute atomic E-state index is 0.103. The van der Waals surface area contributed by atoms with Crippen LogP contribution in [0.15, 0.2) is 146 Å². The van der Waals surface area contributed by atoms with E-state index in [-0.39, 0.29) is 79.3 Å². The highest BCUT2D eigenvalue weighted by Gasteiger charge is 2.68. The first-order valence-corrected chi connectivity index (χ1v) is 43.8. The molecule has 18 rings (SSSR count). The van der Waals surface area contributed by atoms with E-state index in [1.165, 1.54) is 73.4 Å². The van der Waals surface area contributed by atoms with Gasteiger partial charge in [0.2, 0.25) is 0 Å². The standard InChI is InChI=1S/2C29H27F2N5O2S.C27H25F2N7OS/c1-16-12-17(13-18(33-16)15-39(4,37)38)27-32-11-9-24(34-27)29-10-8-20(28(29,2)3)19-14-23(35-36-26(19)29)25-21(30)6-5-7-22(25)31;1-16-10-17(11-18(33-16)15-39(4,37)38)24-13-32-14-25(34-24)29-9-8-20(28(29,2)3)19-12-23(35-36-27(19)29)26-21(30)6-5-7-22(26)31;1-26(2)16-10-11-27(26,25-15(16)12-20(33-35-25)24-17(28)6-5-7-18(24)29)22-14-30-13-21(31-22)19-8-9-23(34-32-19)36-38(3,4)37/h5-7,9,11-14,20H,8,10,15H2,1-4H3;5-7,10-14,20H,8-9,15H2,1-4H3;5-9,12-14,16H,3,10-11H2,1-2,4H3,(H,34,36,37)/t2*20-,29-;16-,27-,38?/m000/s1. The van der Waals surface area contributed by atoms with Gasteiger partial charge in [0.1, 0.15) is 46.3 Å². The molecule has 7 atom stereocenters. The molecule has 6 aliphatic rings. The third-order valence-electron chi connectivity index (χ3n) is 24.7. The second-order valence-electron chi connectivity index (χ2n) is 32.9. The number of hydrogen-bond acceptors (Lipinski definition) is 21. The first kappa shape index (κ1) is 78.7. The zero-order chi connectivity index (χ0) is 82.4. The Labute approximate surface area is 666 Å². The van der Waals surface area contributed by atoms with E-state index in [4.69, 9.17) is 15.0 Å². The van der Waals surface area contributed by atoms with Crippen molar-refractivity contribution in [1.82, 2.24) is 80.7 Å². The molecule has 31 heteroatoms. The summed E-state index contributed by atoms with van der Waals surface area (Å²) in [5, 5.41) is 35.0. The Morgan fingerprint density at radius 2 is 0.793 bits per heavy atom. The number of aromatic nitrogens is 16. The minimum Gasteiger partial charge on any atom is -0.296 e. The van der Waals surface area contributed by atoms with Gasteiger partial charge in [-0.15, -0.1) is 25.5 Å². The van der Waals surface area contributed by atoms with Gasteiger partial charge in [-0.25, -0.2) is 67.3 Å². The summed E-state index contributed by atoms with van der Waals surface area (Å²) in [6, 6.07) is 29.1. The molecule has 3 fully saturated rings. The van der Waals surface area contributed by atoms with Crippen molar-refractivity contribution in [1.29, 1.82) is 0 Å². The number of rotatable bonds is 15. The highest BCUT2D eigenvalue weighted by Crippen LogP contribution is 2.72. The van der Waals surface area contributed by atoms with Crippen molar-refractivity contribution in [2.75, 3.05) is 23.5 Å². The van der Waals surface area contributed by atoms with E-state index < -0.39 is 80.5 Å². The van der Waals surface area contributed by atoms with E-state index in [1.54, 1.807) is 80.4 Å². The van der Waals surface area contributed by atoms with Gasteiger partial charge in [-0.3, -0.25) is 24.7 Å². The van der Waals surface area contributed by atoms with Gasteiger partial charge in [0.25, 0.3) is 0 Å². The van der Waals surface area contributed by atoms with Crippen molar-refractivity contribution in [3.63, 3.8) is 0 Å². The second kappa shape index (κ2) is 28.3. The molecule has 0 spiro atoms. The molecule has 594 valence electrons. The largest absolute Gasteiger partial charge is 0.296 e. The third-order valence-corrected chi connectivity index (χ3v) is 27.0. The first-order chi connectivity index (χ1) is 54.8. The average Bonchev–Trinajstić information content (AvgIpc) is 1.53. The summed E-state index contributed by atoms with van der Waals surface area (Å²) in [7, 11) is -9.01. The predicted molar refractivity (Wildman–Crippen MR) is 427 cm³/mol. The molecule has 6 aliphatic carbocycles. The third kappa shape index (κ3) is 13.2. The van der Waals surface area contributed by atoms with Crippen molar-refractivity contribution >= 4 is 41.1 Å². The van der Waals surface area contributed by atoms with Crippen LogP contribution in [-0.4, -0.2) is 126 Å². The van der Waals surface area contributed by atoms with Crippen LogP contribution >= 0.6 is 0 Å². The summed E-state index contributed by atoms with van der Waals surface area (Å²) in [6.07, 6.45) is 17.3. The zero-order valence-electron chi connectivity index (χ0n) is 65.1. The fourth-order valence-electron chi connectivity index (χ4n) is 19.6. The van der Waals surface area contributed by atoms with Crippen LogP contribution in [0.3, 0.4) is 0 Å². The molecule has 6 bridgehead atoms. The molecule has 3 saturated carbocycles. The van der Waals surface area contributed by atoms with Crippen LogP contribution in [0.4, 0.5) is 32.2 Å². The van der Waals surface area contributed by atoms with E-state index in [0.717, 1.165) is 94.9 Å². The molecule has 1 N–H and O–H groups in total. The molecule has 22 nitrogen and oxygen atoms in total. The van der Waals surface area contributed by atoms with E-state index >= 15 is 0 Å².